The Morgan fingerprint density at radius 2 is 2.05 bits per heavy atom. The molecule has 0 spiro atoms. The number of aromatic nitrogens is 5. The minimum absolute atomic E-state index is 0. The molecule has 5 rings (SSSR count). The Morgan fingerprint density at radius 3 is 2.62 bits per heavy atom. The first kappa shape index (κ1) is 28.0. The number of nitrogens with zero attached hydrogens (tertiary/aromatic N) is 5. The maximum atomic E-state index is 15.3. The van der Waals surface area contributed by atoms with Gasteiger partial charge in [0.15, 0.2) is 0 Å². The van der Waals surface area contributed by atoms with Crippen molar-refractivity contribution in [3.8, 4) is 40.0 Å². The van der Waals surface area contributed by atoms with Gasteiger partial charge in [-0.2, -0.15) is 11.2 Å². The van der Waals surface area contributed by atoms with Crippen LogP contribution in [0.1, 0.15) is 35.5 Å². The predicted molar refractivity (Wildman–Crippen MR) is 126 cm³/mol. The number of methoxy groups -OCH3 is 1. The number of hydrogen-bond acceptors (Lipinski definition) is 7. The zero-order valence-corrected chi connectivity index (χ0v) is 21.2. The number of halogens is 3. The van der Waals surface area contributed by atoms with Gasteiger partial charge >= 0.3 is 16.5 Å². The summed E-state index contributed by atoms with van der Waals surface area (Å²) < 4.78 is 48.0. The van der Waals surface area contributed by atoms with E-state index in [0.29, 0.717) is 11.6 Å². The molecule has 0 unspecified atom stereocenters. The van der Waals surface area contributed by atoms with E-state index in [9.17, 15) is 13.6 Å². The molecule has 7 nitrogen and oxygen atoms in total. The first-order valence-corrected chi connectivity index (χ1v) is 11.5. The maximum absolute atomic E-state index is 15.3. The summed E-state index contributed by atoms with van der Waals surface area (Å²) in [5.41, 5.74) is 2.24. The zero-order valence-electron chi connectivity index (χ0n) is 19.4. The van der Waals surface area contributed by atoms with Crippen LogP contribution in [0.4, 0.5) is 13.2 Å². The van der Waals surface area contributed by atoms with Gasteiger partial charge in [0.2, 0.25) is 0 Å². The molecule has 0 N–H and O–H groups in total. The van der Waals surface area contributed by atoms with Crippen LogP contribution in [0.2, 0.25) is 0 Å². The molecule has 192 valence electrons. The third-order valence-electron chi connectivity index (χ3n) is 5.13. The third kappa shape index (κ3) is 6.82. The van der Waals surface area contributed by atoms with Crippen LogP contribution in [0.15, 0.2) is 36.7 Å². The van der Waals surface area contributed by atoms with E-state index in [-0.39, 0.29) is 44.5 Å². The van der Waals surface area contributed by atoms with E-state index >= 15 is 4.39 Å². The number of carbonyl (C=O) groups excluding carboxylic acids is 1. The average Bonchev–Trinajstić information content (AvgIpc) is 3.37. The van der Waals surface area contributed by atoms with Crippen molar-refractivity contribution in [1.82, 2.24) is 25.0 Å². The maximum Gasteiger partial charge on any atom is 2.00 e. The van der Waals surface area contributed by atoms with Gasteiger partial charge < -0.3 is 20.9 Å². The molecule has 0 aliphatic heterocycles. The van der Waals surface area contributed by atoms with Crippen molar-refractivity contribution in [3.63, 3.8) is 0 Å². The van der Waals surface area contributed by atoms with Crippen molar-refractivity contribution in [2.75, 3.05) is 7.11 Å². The smallest absolute Gasteiger partial charge is 0.496 e. The number of benzene rings is 1. The Balaban J connectivity index is 0.000000288. The van der Waals surface area contributed by atoms with Crippen LogP contribution >= 0.6 is 11.3 Å². The van der Waals surface area contributed by atoms with Crippen LogP contribution < -0.4 is 4.74 Å². The third-order valence-corrected chi connectivity index (χ3v) is 5.68. The summed E-state index contributed by atoms with van der Waals surface area (Å²) in [4.78, 5) is 14.9. The molecule has 0 atom stereocenters. The van der Waals surface area contributed by atoms with E-state index in [1.54, 1.807) is 25.6 Å². The van der Waals surface area contributed by atoms with E-state index in [2.05, 4.69) is 37.6 Å². The second-order valence-corrected chi connectivity index (χ2v) is 8.45. The van der Waals surface area contributed by atoms with Crippen molar-refractivity contribution in [3.05, 3.63) is 64.3 Å². The summed E-state index contributed by atoms with van der Waals surface area (Å²) in [5.74, 6) is 5.96. The second kappa shape index (κ2) is 12.6. The quantitative estimate of drug-likeness (QED) is 0.196. The number of alkyl halides is 2. The van der Waals surface area contributed by atoms with Crippen LogP contribution in [0.3, 0.4) is 0 Å². The first-order chi connectivity index (χ1) is 17.4. The van der Waals surface area contributed by atoms with Crippen molar-refractivity contribution < 1.29 is 39.2 Å². The largest absolute Gasteiger partial charge is 2.00 e. The molecule has 1 fully saturated rings. The molecule has 1 aromatic carbocycles. The molecule has 1 aliphatic carbocycles. The van der Waals surface area contributed by atoms with Gasteiger partial charge in [0, 0.05) is 29.7 Å². The Hall–Kier alpha value is -3.55. The van der Waals surface area contributed by atoms with Crippen LogP contribution in [-0.2, 0) is 28.3 Å². The van der Waals surface area contributed by atoms with Gasteiger partial charge in [-0.3, -0.25) is 14.8 Å². The number of aryl methyl sites for hydroxylation is 1. The Morgan fingerprint density at radius 1 is 1.27 bits per heavy atom. The molecule has 0 amide bonds. The summed E-state index contributed by atoms with van der Waals surface area (Å²) in [7, 11) is 2.98. The molecule has 37 heavy (non-hydrogen) atoms. The van der Waals surface area contributed by atoms with Gasteiger partial charge in [-0.25, -0.2) is 18.3 Å². The van der Waals surface area contributed by atoms with E-state index in [0.717, 1.165) is 17.3 Å². The van der Waals surface area contributed by atoms with Gasteiger partial charge in [0.1, 0.15) is 11.4 Å². The zero-order chi connectivity index (χ0) is 25.7. The van der Waals surface area contributed by atoms with Crippen LogP contribution in [0, 0.1) is 29.1 Å². The number of pyridine rings is 1. The summed E-state index contributed by atoms with van der Waals surface area (Å²) in [5, 5.41) is 12.2. The van der Waals surface area contributed by atoms with Crippen LogP contribution in [0.5, 0.6) is 5.75 Å². The monoisotopic (exact) mass is 567 g/mol. The van der Waals surface area contributed by atoms with E-state index in [1.807, 2.05) is 0 Å². The average molecular weight is 568 g/mol. The van der Waals surface area contributed by atoms with Crippen molar-refractivity contribution in [2.45, 2.75) is 19.3 Å². The fourth-order valence-electron chi connectivity index (χ4n) is 3.21. The summed E-state index contributed by atoms with van der Waals surface area (Å²) in [6.07, 6.45) is 4.01. The molecule has 3 heterocycles. The normalized spacial score (nSPS) is 12.1. The fraction of sp³-hybridized carbons (Fsp3) is 0.240. The van der Waals surface area contributed by atoms with Gasteiger partial charge in [-0.15, -0.1) is 23.5 Å². The summed E-state index contributed by atoms with van der Waals surface area (Å²) in [6, 6.07) is 5.35. The predicted octanol–water partition coefficient (Wildman–Crippen LogP) is 4.79. The molecule has 0 bridgehead atoms. The van der Waals surface area contributed by atoms with Crippen molar-refractivity contribution in [2.24, 2.45) is 13.0 Å². The molecule has 1 aliphatic rings. The molecule has 3 aromatic heterocycles. The molecule has 0 radical (unpaired) electrons. The summed E-state index contributed by atoms with van der Waals surface area (Å²) in [6.45, 7) is 0. The standard InChI is InChI=1S/C18H13F3N3O2.C7H5N2S.Ni/c1-24-6-5-13(23-24)11-4-3-10(9-25)16(17(11)19)12-7-14(18(20)21)22-8-15(12)26-2;1-2-6(1)3-4-7-9-8-5-10-7;/h3-8,18H,1-2H3;6H,1-2H2;/q2*-1;+2. The van der Waals surface area contributed by atoms with Crippen LogP contribution in [-0.4, -0.2) is 38.4 Å². The molecular weight excluding hydrogens is 550 g/mol. The van der Waals surface area contributed by atoms with Crippen molar-refractivity contribution in [1.29, 1.82) is 0 Å². The minimum atomic E-state index is -2.86. The van der Waals surface area contributed by atoms with Gasteiger partial charge in [0.25, 0.3) is 6.43 Å². The van der Waals surface area contributed by atoms with Gasteiger partial charge in [0.05, 0.1) is 31.1 Å². The molecule has 0 saturated heterocycles. The molecule has 4 aromatic rings. The SMILES string of the molecule is C(#CC1CC1)c1nn[c-]s1.COc1cnc(C(F)F)cc1-c1c([C-]=O)ccc(-c2ccn(C)n2)c1F.[Ni+2]. The number of rotatable bonds is 5. The fourth-order valence-corrected chi connectivity index (χ4v) is 3.57. The van der Waals surface area contributed by atoms with Crippen molar-refractivity contribution >= 4 is 17.6 Å². The first-order valence-electron chi connectivity index (χ1n) is 10.7. The Kier molecular flexibility index (Phi) is 9.56. The minimum Gasteiger partial charge on any atom is -0.496 e. The topological polar surface area (TPSA) is 82.8 Å². The van der Waals surface area contributed by atoms with Gasteiger partial charge in [-0.05, 0) is 30.5 Å². The van der Waals surface area contributed by atoms with E-state index in [1.165, 1.54) is 48.1 Å². The number of hydrogen-bond donors (Lipinski definition) is 0. The van der Waals surface area contributed by atoms with Gasteiger partial charge in [-0.1, -0.05) is 11.1 Å². The molecule has 1 saturated carbocycles. The Bertz CT molecular complexity index is 1430. The number of ether oxygens (including phenoxy) is 1. The second-order valence-electron chi connectivity index (χ2n) is 7.68. The van der Waals surface area contributed by atoms with E-state index in [4.69, 9.17) is 4.74 Å². The summed E-state index contributed by atoms with van der Waals surface area (Å²) >= 11 is 1.37. The Labute approximate surface area is 225 Å². The van der Waals surface area contributed by atoms with E-state index < -0.39 is 17.9 Å². The molecule has 12 heteroatoms. The van der Waals surface area contributed by atoms with Crippen LogP contribution in [0.25, 0.3) is 22.4 Å². The molecular formula is C25H18F3N5NiO2S.